The molecule has 3 N–H and O–H groups in total. The fraction of sp³-hybridized carbons (Fsp3) is 0.273. The number of carbonyl (C=O) groups is 3. The topological polar surface area (TPSA) is 127 Å². The van der Waals surface area contributed by atoms with Gasteiger partial charge in [0.05, 0.1) is 20.4 Å². The van der Waals surface area contributed by atoms with Crippen LogP contribution in [-0.2, 0) is 14.4 Å². The predicted octanol–water partition coefficient (Wildman–Crippen LogP) is 1.70. The molecular weight excluding hydrogens is 416 g/mol. The number of amides is 3. The van der Waals surface area contributed by atoms with E-state index in [1.165, 1.54) is 13.3 Å². The molecule has 0 saturated carbocycles. The van der Waals surface area contributed by atoms with E-state index in [1.807, 2.05) is 6.92 Å². The summed E-state index contributed by atoms with van der Waals surface area (Å²) in [6, 6.07) is 11.8. The molecule has 0 bridgehead atoms. The van der Waals surface area contributed by atoms with Gasteiger partial charge >= 0.3 is 11.8 Å². The van der Waals surface area contributed by atoms with E-state index < -0.39 is 11.8 Å². The number of benzene rings is 2. The minimum Gasteiger partial charge on any atom is -0.497 e. The largest absolute Gasteiger partial charge is 0.497 e. The van der Waals surface area contributed by atoms with Crippen LogP contribution in [0.5, 0.6) is 17.2 Å². The van der Waals surface area contributed by atoms with Gasteiger partial charge in [0.1, 0.15) is 5.75 Å². The van der Waals surface area contributed by atoms with Gasteiger partial charge in [-0.1, -0.05) is 13.0 Å². The Kier molecular flexibility index (Phi) is 9.51. The molecule has 0 radical (unpaired) electrons. The van der Waals surface area contributed by atoms with Crippen LogP contribution in [0.3, 0.4) is 0 Å². The standard InChI is InChI=1S/C22H26N4O6/c1-4-10-23-21(28)22(29)26-24-13-15-8-9-18(19(11-15)31-3)32-14-20(27)25-16-6-5-7-17(12-16)30-2/h5-9,11-13H,4,10,14H2,1-3H3,(H,23,28)(H,25,27)(H,26,29)/b24-13-. The molecule has 0 saturated heterocycles. The molecule has 10 heteroatoms. The van der Waals surface area contributed by atoms with Crippen molar-refractivity contribution in [2.45, 2.75) is 13.3 Å². The molecule has 0 spiro atoms. The molecule has 0 unspecified atom stereocenters. The van der Waals surface area contributed by atoms with Gasteiger partial charge in [0.15, 0.2) is 18.1 Å². The number of nitrogens with one attached hydrogen (secondary N) is 3. The van der Waals surface area contributed by atoms with Crippen LogP contribution in [-0.4, -0.2) is 51.3 Å². The van der Waals surface area contributed by atoms with Gasteiger partial charge in [0.25, 0.3) is 5.91 Å². The molecule has 3 amide bonds. The number of nitrogens with zero attached hydrogens (tertiary/aromatic N) is 1. The van der Waals surface area contributed by atoms with E-state index in [9.17, 15) is 14.4 Å². The zero-order valence-corrected chi connectivity index (χ0v) is 18.1. The van der Waals surface area contributed by atoms with E-state index in [2.05, 4.69) is 21.2 Å². The number of anilines is 1. The zero-order chi connectivity index (χ0) is 23.3. The maximum Gasteiger partial charge on any atom is 0.329 e. The summed E-state index contributed by atoms with van der Waals surface area (Å²) in [6.45, 7) is 2.06. The number of rotatable bonds is 10. The van der Waals surface area contributed by atoms with Crippen molar-refractivity contribution in [1.82, 2.24) is 10.7 Å². The second-order valence-electron chi connectivity index (χ2n) is 6.43. The summed E-state index contributed by atoms with van der Waals surface area (Å²) in [4.78, 5) is 35.3. The van der Waals surface area contributed by atoms with Gasteiger partial charge in [-0.2, -0.15) is 5.10 Å². The second-order valence-corrected chi connectivity index (χ2v) is 6.43. The Labute approximate surface area is 185 Å². The third-order valence-corrected chi connectivity index (χ3v) is 4.02. The highest BCUT2D eigenvalue weighted by atomic mass is 16.5. The Hall–Kier alpha value is -4.08. The number of carbonyl (C=O) groups excluding carboxylic acids is 3. The first-order valence-corrected chi connectivity index (χ1v) is 9.82. The molecule has 0 heterocycles. The Morgan fingerprint density at radius 3 is 2.53 bits per heavy atom. The van der Waals surface area contributed by atoms with E-state index >= 15 is 0 Å². The molecule has 0 aromatic heterocycles. The van der Waals surface area contributed by atoms with Crippen LogP contribution >= 0.6 is 0 Å². The van der Waals surface area contributed by atoms with Gasteiger partial charge in [-0.05, 0) is 42.3 Å². The summed E-state index contributed by atoms with van der Waals surface area (Å²) in [7, 11) is 3.00. The van der Waals surface area contributed by atoms with Crippen molar-refractivity contribution >= 4 is 29.6 Å². The highest BCUT2D eigenvalue weighted by Crippen LogP contribution is 2.27. The Morgan fingerprint density at radius 1 is 1.00 bits per heavy atom. The molecule has 0 fully saturated rings. The van der Waals surface area contributed by atoms with Gasteiger partial charge < -0.3 is 24.8 Å². The smallest absolute Gasteiger partial charge is 0.329 e. The number of ether oxygens (including phenoxy) is 3. The summed E-state index contributed by atoms with van der Waals surface area (Å²) >= 11 is 0. The van der Waals surface area contributed by atoms with Crippen LogP contribution in [0.25, 0.3) is 0 Å². The van der Waals surface area contributed by atoms with E-state index in [-0.39, 0.29) is 12.5 Å². The maximum absolute atomic E-state index is 12.2. The Bertz CT molecular complexity index is 977. The van der Waals surface area contributed by atoms with Crippen molar-refractivity contribution in [2.24, 2.45) is 5.10 Å². The van der Waals surface area contributed by atoms with E-state index in [4.69, 9.17) is 14.2 Å². The molecule has 2 aromatic rings. The third kappa shape index (κ3) is 7.63. The number of methoxy groups -OCH3 is 2. The van der Waals surface area contributed by atoms with Crippen molar-refractivity contribution in [3.63, 3.8) is 0 Å². The molecule has 32 heavy (non-hydrogen) atoms. The molecule has 0 aliphatic carbocycles. The summed E-state index contributed by atoms with van der Waals surface area (Å²) in [5.74, 6) is -0.611. The summed E-state index contributed by atoms with van der Waals surface area (Å²) in [6.07, 6.45) is 2.08. The molecule has 2 rings (SSSR count). The van der Waals surface area contributed by atoms with Crippen LogP contribution in [0, 0.1) is 0 Å². The van der Waals surface area contributed by atoms with Crippen LogP contribution < -0.4 is 30.3 Å². The third-order valence-electron chi connectivity index (χ3n) is 4.02. The van der Waals surface area contributed by atoms with Crippen molar-refractivity contribution in [2.75, 3.05) is 32.7 Å². The van der Waals surface area contributed by atoms with Crippen LogP contribution in [0.2, 0.25) is 0 Å². The first-order valence-electron chi connectivity index (χ1n) is 9.82. The lowest BCUT2D eigenvalue weighted by atomic mass is 10.2. The monoisotopic (exact) mass is 442 g/mol. The van der Waals surface area contributed by atoms with Gasteiger partial charge in [0.2, 0.25) is 0 Å². The minimum absolute atomic E-state index is 0.232. The molecule has 0 atom stereocenters. The molecule has 0 aliphatic rings. The first kappa shape index (κ1) is 24.2. The summed E-state index contributed by atoms with van der Waals surface area (Å²) < 4.78 is 16.0. The maximum atomic E-state index is 12.2. The zero-order valence-electron chi connectivity index (χ0n) is 18.1. The van der Waals surface area contributed by atoms with Gasteiger partial charge in [-0.25, -0.2) is 5.43 Å². The second kappa shape index (κ2) is 12.6. The number of hydrogen-bond donors (Lipinski definition) is 3. The summed E-state index contributed by atoms with van der Waals surface area (Å²) in [5.41, 5.74) is 3.32. The van der Waals surface area contributed by atoms with Crippen LogP contribution in [0.15, 0.2) is 47.6 Å². The lowest BCUT2D eigenvalue weighted by Crippen LogP contribution is -2.38. The fourth-order valence-electron chi connectivity index (χ4n) is 2.46. The number of hydrogen-bond acceptors (Lipinski definition) is 7. The first-order chi connectivity index (χ1) is 15.5. The highest BCUT2D eigenvalue weighted by molar-refractivity contribution is 6.35. The average molecular weight is 442 g/mol. The van der Waals surface area contributed by atoms with E-state index in [0.717, 1.165) is 6.42 Å². The normalized spacial score (nSPS) is 10.3. The van der Waals surface area contributed by atoms with Crippen molar-refractivity contribution < 1.29 is 28.6 Å². The van der Waals surface area contributed by atoms with Gasteiger partial charge in [0, 0.05) is 18.3 Å². The van der Waals surface area contributed by atoms with Crippen molar-refractivity contribution in [3.05, 3.63) is 48.0 Å². The molecule has 10 nitrogen and oxygen atoms in total. The fourth-order valence-corrected chi connectivity index (χ4v) is 2.46. The SMILES string of the molecule is CCCNC(=O)C(=O)N/N=C\c1ccc(OCC(=O)Nc2cccc(OC)c2)c(OC)c1. The minimum atomic E-state index is -0.858. The van der Waals surface area contributed by atoms with Crippen LogP contribution in [0.4, 0.5) is 5.69 Å². The van der Waals surface area contributed by atoms with Gasteiger partial charge in [-0.3, -0.25) is 14.4 Å². The van der Waals surface area contributed by atoms with Gasteiger partial charge in [-0.15, -0.1) is 0 Å². The number of hydrazone groups is 1. The molecular formula is C22H26N4O6. The van der Waals surface area contributed by atoms with Crippen LogP contribution in [0.1, 0.15) is 18.9 Å². The summed E-state index contributed by atoms with van der Waals surface area (Å²) in [5, 5.41) is 8.92. The lowest BCUT2D eigenvalue weighted by Gasteiger charge is -2.12. The van der Waals surface area contributed by atoms with Crippen molar-refractivity contribution in [3.8, 4) is 17.2 Å². The Balaban J connectivity index is 1.91. The van der Waals surface area contributed by atoms with E-state index in [0.29, 0.717) is 35.0 Å². The molecule has 2 aromatic carbocycles. The predicted molar refractivity (Wildman–Crippen MR) is 119 cm³/mol. The van der Waals surface area contributed by atoms with Crippen molar-refractivity contribution in [1.29, 1.82) is 0 Å². The Morgan fingerprint density at radius 2 is 1.81 bits per heavy atom. The quantitative estimate of drug-likeness (QED) is 0.292. The lowest BCUT2D eigenvalue weighted by molar-refractivity contribution is -0.139. The highest BCUT2D eigenvalue weighted by Gasteiger charge is 2.11. The average Bonchev–Trinajstić information content (AvgIpc) is 2.81. The molecule has 0 aliphatic heterocycles. The molecule has 170 valence electrons. The van der Waals surface area contributed by atoms with E-state index in [1.54, 1.807) is 49.6 Å².